The Bertz CT molecular complexity index is 376. The molecule has 0 aliphatic heterocycles. The summed E-state index contributed by atoms with van der Waals surface area (Å²) in [5.41, 5.74) is 0. The molecular weight excluding hydrogens is 270 g/mol. The molecule has 21 heavy (non-hydrogen) atoms. The third-order valence-corrected chi connectivity index (χ3v) is 5.25. The van der Waals surface area contributed by atoms with E-state index in [1.165, 1.54) is 0 Å². The highest BCUT2D eigenvalue weighted by molar-refractivity contribution is 5.80. The monoisotopic (exact) mass is 297 g/mol. The summed E-state index contributed by atoms with van der Waals surface area (Å²) in [6.45, 7) is 0. The molecule has 5 heteroatoms. The second kappa shape index (κ2) is 7.25. The summed E-state index contributed by atoms with van der Waals surface area (Å²) in [7, 11) is 3.62. The fraction of sp³-hybridized carbons (Fsp3) is 0.875. The second-order valence-electron chi connectivity index (χ2n) is 6.51. The van der Waals surface area contributed by atoms with Gasteiger partial charge < -0.3 is 14.7 Å². The molecule has 0 heterocycles. The van der Waals surface area contributed by atoms with Crippen LogP contribution in [0.1, 0.15) is 51.4 Å². The van der Waals surface area contributed by atoms with E-state index in [1.807, 2.05) is 11.9 Å². The Kier molecular flexibility index (Phi) is 5.62. The molecule has 5 nitrogen and oxygen atoms in total. The van der Waals surface area contributed by atoms with Gasteiger partial charge in [0, 0.05) is 26.1 Å². The van der Waals surface area contributed by atoms with Crippen molar-refractivity contribution < 1.29 is 19.4 Å². The van der Waals surface area contributed by atoms with Crippen LogP contribution in [0.2, 0.25) is 0 Å². The number of aliphatic carboxylic acids is 1. The Morgan fingerprint density at radius 2 is 1.67 bits per heavy atom. The first kappa shape index (κ1) is 16.3. The highest BCUT2D eigenvalue weighted by Gasteiger charge is 2.35. The molecule has 0 aromatic heterocycles. The van der Waals surface area contributed by atoms with Crippen molar-refractivity contribution in [2.45, 2.75) is 63.5 Å². The molecule has 2 atom stereocenters. The second-order valence-corrected chi connectivity index (χ2v) is 6.51. The highest BCUT2D eigenvalue weighted by Crippen LogP contribution is 2.32. The Balaban J connectivity index is 1.88. The van der Waals surface area contributed by atoms with Crippen LogP contribution in [0.15, 0.2) is 0 Å². The van der Waals surface area contributed by atoms with Gasteiger partial charge in [0.05, 0.1) is 12.0 Å². The number of hydrogen-bond acceptors (Lipinski definition) is 3. The Labute approximate surface area is 126 Å². The van der Waals surface area contributed by atoms with Crippen LogP contribution in [-0.2, 0) is 14.3 Å². The first-order valence-corrected chi connectivity index (χ1v) is 8.05. The van der Waals surface area contributed by atoms with Gasteiger partial charge in [0.15, 0.2) is 0 Å². The summed E-state index contributed by atoms with van der Waals surface area (Å²) in [6, 6.07) is 0.286. The molecule has 0 saturated heterocycles. The maximum absolute atomic E-state index is 12.6. The zero-order valence-corrected chi connectivity index (χ0v) is 13.1. The number of carboxylic acid groups (broad SMARTS) is 1. The maximum Gasteiger partial charge on any atom is 0.306 e. The number of carbonyl (C=O) groups excluding carboxylic acids is 1. The Morgan fingerprint density at radius 1 is 1.05 bits per heavy atom. The zero-order valence-electron chi connectivity index (χ0n) is 13.1. The lowest BCUT2D eigenvalue weighted by Crippen LogP contribution is -2.44. The molecule has 2 aliphatic carbocycles. The summed E-state index contributed by atoms with van der Waals surface area (Å²) >= 11 is 0. The van der Waals surface area contributed by atoms with Crippen LogP contribution >= 0.6 is 0 Å². The van der Waals surface area contributed by atoms with E-state index in [0.29, 0.717) is 18.9 Å². The molecule has 0 aromatic rings. The van der Waals surface area contributed by atoms with Crippen molar-refractivity contribution in [2.75, 3.05) is 14.2 Å². The van der Waals surface area contributed by atoms with Crippen molar-refractivity contribution in [3.63, 3.8) is 0 Å². The van der Waals surface area contributed by atoms with Crippen LogP contribution in [0.3, 0.4) is 0 Å². The summed E-state index contributed by atoms with van der Waals surface area (Å²) < 4.78 is 5.37. The van der Waals surface area contributed by atoms with Crippen LogP contribution in [0.4, 0.5) is 0 Å². The molecule has 0 radical (unpaired) electrons. The average molecular weight is 297 g/mol. The lowest BCUT2D eigenvalue weighted by Gasteiger charge is -2.37. The minimum Gasteiger partial charge on any atom is -0.481 e. The summed E-state index contributed by atoms with van der Waals surface area (Å²) in [5.74, 6) is -1.06. The average Bonchev–Trinajstić information content (AvgIpc) is 2.53. The number of ether oxygens (including phenoxy) is 1. The van der Waals surface area contributed by atoms with Crippen LogP contribution in [0, 0.1) is 11.8 Å². The normalized spacial score (nSPS) is 33.4. The van der Waals surface area contributed by atoms with E-state index in [4.69, 9.17) is 9.84 Å². The van der Waals surface area contributed by atoms with Crippen molar-refractivity contribution in [1.29, 1.82) is 0 Å². The van der Waals surface area contributed by atoms with E-state index < -0.39 is 5.97 Å². The molecule has 120 valence electrons. The number of methoxy groups -OCH3 is 1. The van der Waals surface area contributed by atoms with Crippen molar-refractivity contribution >= 4 is 11.9 Å². The van der Waals surface area contributed by atoms with E-state index in [1.54, 1.807) is 7.11 Å². The van der Waals surface area contributed by atoms with Gasteiger partial charge >= 0.3 is 5.97 Å². The van der Waals surface area contributed by atoms with Gasteiger partial charge in [-0.3, -0.25) is 9.59 Å². The molecule has 2 fully saturated rings. The highest BCUT2D eigenvalue weighted by atomic mass is 16.5. The van der Waals surface area contributed by atoms with E-state index in [9.17, 15) is 9.59 Å². The Hall–Kier alpha value is -1.10. The van der Waals surface area contributed by atoms with Gasteiger partial charge in [0.1, 0.15) is 0 Å². The molecule has 2 unspecified atom stereocenters. The number of rotatable bonds is 4. The molecule has 2 saturated carbocycles. The fourth-order valence-corrected chi connectivity index (χ4v) is 3.77. The lowest BCUT2D eigenvalue weighted by atomic mass is 9.80. The first-order valence-electron chi connectivity index (χ1n) is 8.05. The summed E-state index contributed by atoms with van der Waals surface area (Å²) in [5, 5.41) is 9.14. The van der Waals surface area contributed by atoms with E-state index >= 15 is 0 Å². The van der Waals surface area contributed by atoms with Crippen LogP contribution in [-0.4, -0.2) is 48.2 Å². The SMILES string of the molecule is COC1CCC(N(C)C(=O)C2CCCC(C(=O)O)C2)CC1. The number of nitrogens with zero attached hydrogens (tertiary/aromatic N) is 1. The minimum atomic E-state index is -0.754. The zero-order chi connectivity index (χ0) is 15.4. The van der Waals surface area contributed by atoms with E-state index in [-0.39, 0.29) is 23.8 Å². The number of carboxylic acids is 1. The van der Waals surface area contributed by atoms with Crippen LogP contribution < -0.4 is 0 Å². The molecule has 1 amide bonds. The summed E-state index contributed by atoms with van der Waals surface area (Å²) in [6.07, 6.45) is 7.19. The molecule has 1 N–H and O–H groups in total. The van der Waals surface area contributed by atoms with Gasteiger partial charge in [-0.1, -0.05) is 6.42 Å². The van der Waals surface area contributed by atoms with Crippen LogP contribution in [0.5, 0.6) is 0 Å². The van der Waals surface area contributed by atoms with Crippen molar-refractivity contribution in [3.8, 4) is 0 Å². The molecule has 0 aromatic carbocycles. The maximum atomic E-state index is 12.6. The first-order chi connectivity index (χ1) is 10.0. The smallest absolute Gasteiger partial charge is 0.306 e. The van der Waals surface area contributed by atoms with Crippen molar-refractivity contribution in [1.82, 2.24) is 4.90 Å². The van der Waals surface area contributed by atoms with Crippen LogP contribution in [0.25, 0.3) is 0 Å². The molecule has 0 spiro atoms. The van der Waals surface area contributed by atoms with Gasteiger partial charge in [-0.05, 0) is 44.9 Å². The largest absolute Gasteiger partial charge is 0.481 e. The predicted molar refractivity (Wildman–Crippen MR) is 78.9 cm³/mol. The van der Waals surface area contributed by atoms with Gasteiger partial charge in [0.2, 0.25) is 5.91 Å². The molecule has 2 aliphatic rings. The number of amides is 1. The molecule has 2 rings (SSSR count). The van der Waals surface area contributed by atoms with Crippen molar-refractivity contribution in [3.05, 3.63) is 0 Å². The Morgan fingerprint density at radius 3 is 2.24 bits per heavy atom. The molecule has 0 bridgehead atoms. The lowest BCUT2D eigenvalue weighted by molar-refractivity contribution is -0.146. The van der Waals surface area contributed by atoms with E-state index in [2.05, 4.69) is 0 Å². The standard InChI is InChI=1S/C16H27NO4/c1-17(13-6-8-14(21-2)9-7-13)15(18)11-4-3-5-12(10-11)16(19)20/h11-14H,3-10H2,1-2H3,(H,19,20). The fourth-order valence-electron chi connectivity index (χ4n) is 3.77. The number of hydrogen-bond donors (Lipinski definition) is 1. The third-order valence-electron chi connectivity index (χ3n) is 5.25. The minimum absolute atomic E-state index is 0.106. The van der Waals surface area contributed by atoms with Gasteiger partial charge in [-0.2, -0.15) is 0 Å². The predicted octanol–water partition coefficient (Wildman–Crippen LogP) is 2.29. The van der Waals surface area contributed by atoms with Gasteiger partial charge in [0.25, 0.3) is 0 Å². The third kappa shape index (κ3) is 3.96. The quantitative estimate of drug-likeness (QED) is 0.864. The van der Waals surface area contributed by atoms with Gasteiger partial charge in [-0.25, -0.2) is 0 Å². The summed E-state index contributed by atoms with van der Waals surface area (Å²) in [4.78, 5) is 25.6. The van der Waals surface area contributed by atoms with Gasteiger partial charge in [-0.15, -0.1) is 0 Å². The van der Waals surface area contributed by atoms with Crippen molar-refractivity contribution in [2.24, 2.45) is 11.8 Å². The number of carbonyl (C=O) groups is 2. The topological polar surface area (TPSA) is 66.8 Å². The molecular formula is C16H27NO4. The van der Waals surface area contributed by atoms with E-state index in [0.717, 1.165) is 38.5 Å².